The monoisotopic (exact) mass is 391 g/mol. The highest BCUT2D eigenvalue weighted by Gasteiger charge is 2.37. The lowest BCUT2D eigenvalue weighted by Crippen LogP contribution is -2.51. The standard InChI is InChI=1S/C22H21N3O4/c1-13(22(28)29)24-20(26)19(10-15-11-23-18-9-5-4-7-16(15)18)25-12-14-6-2-3-8-17(14)21(25)27/h2-9,11,13,19,23H,10,12H2,1H3,(H,24,26)(H,28,29)/t13-,19-/m0/s1. The number of carbonyl (C=O) groups is 3. The van der Waals surface area contributed by atoms with Crippen LogP contribution in [0.1, 0.15) is 28.4 Å². The van der Waals surface area contributed by atoms with E-state index in [4.69, 9.17) is 5.11 Å². The number of nitrogens with one attached hydrogen (secondary N) is 2. The van der Waals surface area contributed by atoms with Crippen molar-refractivity contribution in [3.05, 3.63) is 71.4 Å². The van der Waals surface area contributed by atoms with Gasteiger partial charge in [-0.05, 0) is 30.2 Å². The normalized spacial score (nSPS) is 15.2. The second kappa shape index (κ2) is 7.43. The molecule has 3 aromatic rings. The van der Waals surface area contributed by atoms with Gasteiger partial charge in [-0.1, -0.05) is 36.4 Å². The van der Waals surface area contributed by atoms with Crippen molar-refractivity contribution in [3.63, 3.8) is 0 Å². The maximum Gasteiger partial charge on any atom is 0.325 e. The van der Waals surface area contributed by atoms with Gasteiger partial charge in [0.25, 0.3) is 5.91 Å². The van der Waals surface area contributed by atoms with Gasteiger partial charge in [0.15, 0.2) is 0 Å². The van der Waals surface area contributed by atoms with Crippen molar-refractivity contribution in [2.24, 2.45) is 0 Å². The third-order valence-electron chi connectivity index (χ3n) is 5.35. The number of para-hydroxylation sites is 1. The van der Waals surface area contributed by atoms with Gasteiger partial charge >= 0.3 is 5.97 Å². The molecule has 1 aliphatic heterocycles. The summed E-state index contributed by atoms with van der Waals surface area (Å²) in [5, 5.41) is 12.7. The van der Waals surface area contributed by atoms with Crippen LogP contribution in [-0.4, -0.2) is 44.9 Å². The summed E-state index contributed by atoms with van der Waals surface area (Å²) in [7, 11) is 0. The SMILES string of the molecule is C[C@H](NC(=O)[C@H](Cc1c[nH]c2ccccc12)N1Cc2ccccc2C1=O)C(=O)O. The number of aliphatic carboxylic acids is 1. The van der Waals surface area contributed by atoms with Gasteiger partial charge in [0.1, 0.15) is 12.1 Å². The van der Waals surface area contributed by atoms with Crippen molar-refractivity contribution in [3.8, 4) is 0 Å². The number of hydrogen-bond acceptors (Lipinski definition) is 3. The average molecular weight is 391 g/mol. The third-order valence-corrected chi connectivity index (χ3v) is 5.35. The number of aromatic amines is 1. The van der Waals surface area contributed by atoms with Gasteiger partial charge in [-0.2, -0.15) is 0 Å². The second-order valence-electron chi connectivity index (χ2n) is 7.24. The third kappa shape index (κ3) is 3.47. The molecule has 0 radical (unpaired) electrons. The number of hydrogen-bond donors (Lipinski definition) is 3. The molecule has 0 saturated heterocycles. The number of fused-ring (bicyclic) bond motifs is 2. The predicted octanol–water partition coefficient (Wildman–Crippen LogP) is 2.32. The highest BCUT2D eigenvalue weighted by molar-refractivity contribution is 6.01. The van der Waals surface area contributed by atoms with E-state index in [1.807, 2.05) is 42.6 Å². The molecule has 2 aromatic carbocycles. The van der Waals surface area contributed by atoms with Crippen LogP contribution in [0.25, 0.3) is 10.9 Å². The molecule has 2 amide bonds. The number of carboxylic acids is 1. The maximum absolute atomic E-state index is 13.0. The number of aromatic nitrogens is 1. The Balaban J connectivity index is 1.67. The summed E-state index contributed by atoms with van der Waals surface area (Å²) >= 11 is 0. The van der Waals surface area contributed by atoms with Crippen molar-refractivity contribution in [1.82, 2.24) is 15.2 Å². The van der Waals surface area contributed by atoms with Crippen LogP contribution < -0.4 is 5.32 Å². The van der Waals surface area contributed by atoms with Crippen molar-refractivity contribution >= 4 is 28.7 Å². The Kier molecular flexibility index (Phi) is 4.80. The molecule has 0 fully saturated rings. The molecule has 7 nitrogen and oxygen atoms in total. The zero-order valence-electron chi connectivity index (χ0n) is 15.9. The number of H-pyrrole nitrogens is 1. The number of amides is 2. The number of nitrogens with zero attached hydrogens (tertiary/aromatic N) is 1. The largest absolute Gasteiger partial charge is 0.480 e. The van der Waals surface area contributed by atoms with Crippen LogP contribution in [0.5, 0.6) is 0 Å². The summed E-state index contributed by atoms with van der Waals surface area (Å²) < 4.78 is 0. The first-order valence-electron chi connectivity index (χ1n) is 9.42. The lowest BCUT2D eigenvalue weighted by atomic mass is 10.0. The van der Waals surface area contributed by atoms with E-state index in [0.717, 1.165) is 22.0 Å². The lowest BCUT2D eigenvalue weighted by Gasteiger charge is -2.27. The van der Waals surface area contributed by atoms with Gasteiger partial charge in [-0.3, -0.25) is 14.4 Å². The first-order chi connectivity index (χ1) is 14.0. The number of carboxylic acid groups (broad SMARTS) is 1. The van der Waals surface area contributed by atoms with Crippen molar-refractivity contribution in [2.75, 3.05) is 0 Å². The van der Waals surface area contributed by atoms with Crippen LogP contribution in [0, 0.1) is 0 Å². The summed E-state index contributed by atoms with van der Waals surface area (Å²) in [6.07, 6.45) is 2.11. The van der Waals surface area contributed by atoms with E-state index in [-0.39, 0.29) is 12.3 Å². The van der Waals surface area contributed by atoms with Gasteiger partial charge < -0.3 is 20.3 Å². The van der Waals surface area contributed by atoms with Gasteiger partial charge in [-0.15, -0.1) is 0 Å². The molecule has 0 bridgehead atoms. The summed E-state index contributed by atoms with van der Waals surface area (Å²) in [4.78, 5) is 41.9. The Morgan fingerprint density at radius 3 is 2.66 bits per heavy atom. The summed E-state index contributed by atoms with van der Waals surface area (Å²) in [6, 6.07) is 13.1. The minimum Gasteiger partial charge on any atom is -0.480 e. The van der Waals surface area contributed by atoms with Crippen LogP contribution in [0.15, 0.2) is 54.7 Å². The lowest BCUT2D eigenvalue weighted by molar-refractivity contribution is -0.142. The zero-order chi connectivity index (χ0) is 20.5. The molecular formula is C22H21N3O4. The average Bonchev–Trinajstić information content (AvgIpc) is 3.27. The Labute approximate surface area is 167 Å². The van der Waals surface area contributed by atoms with E-state index in [1.165, 1.54) is 11.8 Å². The Morgan fingerprint density at radius 2 is 1.90 bits per heavy atom. The second-order valence-corrected chi connectivity index (χ2v) is 7.24. The molecule has 7 heteroatoms. The molecule has 2 atom stereocenters. The molecule has 0 spiro atoms. The Bertz CT molecular complexity index is 1100. The van der Waals surface area contributed by atoms with E-state index in [2.05, 4.69) is 10.3 Å². The molecule has 0 aliphatic carbocycles. The highest BCUT2D eigenvalue weighted by Crippen LogP contribution is 2.27. The van der Waals surface area contributed by atoms with E-state index in [0.29, 0.717) is 12.1 Å². The van der Waals surface area contributed by atoms with E-state index < -0.39 is 24.0 Å². The number of carbonyl (C=O) groups excluding carboxylic acids is 2. The molecule has 1 aromatic heterocycles. The summed E-state index contributed by atoms with van der Waals surface area (Å²) in [5.74, 6) is -1.82. The van der Waals surface area contributed by atoms with Crippen LogP contribution in [0.4, 0.5) is 0 Å². The summed E-state index contributed by atoms with van der Waals surface area (Å²) in [5.41, 5.74) is 3.28. The first kappa shape index (κ1) is 18.7. The molecule has 2 heterocycles. The fourth-order valence-electron chi connectivity index (χ4n) is 3.75. The number of benzene rings is 2. The van der Waals surface area contributed by atoms with E-state index in [1.54, 1.807) is 12.1 Å². The first-order valence-corrected chi connectivity index (χ1v) is 9.42. The molecule has 3 N–H and O–H groups in total. The van der Waals surface area contributed by atoms with Crippen molar-refractivity contribution in [1.29, 1.82) is 0 Å². The molecule has 0 unspecified atom stereocenters. The quantitative estimate of drug-likeness (QED) is 0.600. The van der Waals surface area contributed by atoms with Gasteiger partial charge in [0.05, 0.1) is 0 Å². The topological polar surface area (TPSA) is 103 Å². The minimum atomic E-state index is -1.12. The molecule has 29 heavy (non-hydrogen) atoms. The molecule has 1 aliphatic rings. The fourth-order valence-corrected chi connectivity index (χ4v) is 3.75. The van der Waals surface area contributed by atoms with E-state index >= 15 is 0 Å². The molecular weight excluding hydrogens is 370 g/mol. The smallest absolute Gasteiger partial charge is 0.325 e. The Hall–Kier alpha value is -3.61. The van der Waals surface area contributed by atoms with Crippen LogP contribution in [0.2, 0.25) is 0 Å². The van der Waals surface area contributed by atoms with Gasteiger partial charge in [-0.25, -0.2) is 0 Å². The zero-order valence-corrected chi connectivity index (χ0v) is 15.9. The molecule has 4 rings (SSSR count). The van der Waals surface area contributed by atoms with Crippen molar-refractivity contribution < 1.29 is 19.5 Å². The maximum atomic E-state index is 13.0. The van der Waals surface area contributed by atoms with Gasteiger partial charge in [0.2, 0.25) is 5.91 Å². The predicted molar refractivity (Wildman–Crippen MR) is 107 cm³/mol. The van der Waals surface area contributed by atoms with Gasteiger partial charge in [0, 0.05) is 35.6 Å². The van der Waals surface area contributed by atoms with Crippen LogP contribution in [0.3, 0.4) is 0 Å². The summed E-state index contributed by atoms with van der Waals surface area (Å²) in [6.45, 7) is 1.72. The highest BCUT2D eigenvalue weighted by atomic mass is 16.4. The molecule has 0 saturated carbocycles. The van der Waals surface area contributed by atoms with E-state index in [9.17, 15) is 14.4 Å². The minimum absolute atomic E-state index is 0.219. The van der Waals surface area contributed by atoms with Crippen LogP contribution in [-0.2, 0) is 22.6 Å². The number of rotatable bonds is 6. The van der Waals surface area contributed by atoms with Crippen molar-refractivity contribution in [2.45, 2.75) is 32.0 Å². The molecule has 148 valence electrons. The Morgan fingerprint density at radius 1 is 1.17 bits per heavy atom. The van der Waals surface area contributed by atoms with Crippen LogP contribution >= 0.6 is 0 Å². The fraction of sp³-hybridized carbons (Fsp3) is 0.227.